The van der Waals surface area contributed by atoms with Gasteiger partial charge in [-0.05, 0) is 0 Å². The third kappa shape index (κ3) is 1.12. The molecule has 3 heteroatoms. The zero-order chi connectivity index (χ0) is 5.11. The molecule has 1 fully saturated rings. The van der Waals surface area contributed by atoms with Crippen LogP contribution in [-0.4, -0.2) is 36.5 Å². The monoisotopic (exact) mass is 102 g/mol. The van der Waals surface area contributed by atoms with Crippen molar-refractivity contribution in [2.75, 3.05) is 26.5 Å². The van der Waals surface area contributed by atoms with Crippen LogP contribution in [0.25, 0.3) is 0 Å². The summed E-state index contributed by atoms with van der Waals surface area (Å²) in [6, 6.07) is 0. The molecule has 0 saturated carbocycles. The summed E-state index contributed by atoms with van der Waals surface area (Å²) in [4.78, 5) is 1.93. The first-order chi connectivity index (χ1) is 3.43. The van der Waals surface area contributed by atoms with E-state index in [9.17, 15) is 0 Å². The number of rotatable bonds is 1. The SMILES string of the molecule is OCN1CCNC1. The van der Waals surface area contributed by atoms with Crippen LogP contribution in [-0.2, 0) is 0 Å². The Bertz CT molecular complexity index is 51.7. The molecule has 1 aliphatic heterocycles. The Hall–Kier alpha value is -0.120. The summed E-state index contributed by atoms with van der Waals surface area (Å²) in [7, 11) is 0. The van der Waals surface area contributed by atoms with Crippen molar-refractivity contribution in [3.05, 3.63) is 0 Å². The molecule has 0 aromatic carbocycles. The lowest BCUT2D eigenvalue weighted by atomic mass is 10.6. The Balaban J connectivity index is 2.14. The van der Waals surface area contributed by atoms with Crippen molar-refractivity contribution < 1.29 is 5.11 Å². The van der Waals surface area contributed by atoms with Gasteiger partial charge in [-0.15, -0.1) is 0 Å². The molecule has 0 aromatic heterocycles. The highest BCUT2D eigenvalue weighted by Gasteiger charge is 2.06. The van der Waals surface area contributed by atoms with Gasteiger partial charge in [0.15, 0.2) is 0 Å². The molecular formula is C4H10N2O. The molecule has 1 heterocycles. The molecule has 42 valence electrons. The van der Waals surface area contributed by atoms with Crippen LogP contribution in [0.15, 0.2) is 0 Å². The maximum absolute atomic E-state index is 8.45. The number of aliphatic hydroxyl groups is 1. The second-order valence-corrected chi connectivity index (χ2v) is 1.69. The second kappa shape index (κ2) is 2.26. The van der Waals surface area contributed by atoms with E-state index in [1.54, 1.807) is 0 Å². The van der Waals surface area contributed by atoms with Crippen molar-refractivity contribution >= 4 is 0 Å². The van der Waals surface area contributed by atoms with Gasteiger partial charge in [-0.25, -0.2) is 0 Å². The summed E-state index contributed by atoms with van der Waals surface area (Å²) in [5.74, 6) is 0. The molecule has 0 aliphatic carbocycles. The van der Waals surface area contributed by atoms with Crippen molar-refractivity contribution in [3.63, 3.8) is 0 Å². The van der Waals surface area contributed by atoms with Crippen LogP contribution in [0.3, 0.4) is 0 Å². The molecule has 1 aliphatic rings. The quantitative estimate of drug-likeness (QED) is 0.436. The molecule has 0 amide bonds. The van der Waals surface area contributed by atoms with Crippen LogP contribution in [0.2, 0.25) is 0 Å². The van der Waals surface area contributed by atoms with Crippen LogP contribution in [0.5, 0.6) is 0 Å². The molecule has 0 unspecified atom stereocenters. The molecule has 0 bridgehead atoms. The Morgan fingerprint density at radius 2 is 2.57 bits per heavy atom. The predicted octanol–water partition coefficient (Wildman–Crippen LogP) is -1.20. The topological polar surface area (TPSA) is 35.5 Å². The highest BCUT2D eigenvalue weighted by Crippen LogP contribution is 1.86. The van der Waals surface area contributed by atoms with Gasteiger partial charge in [0.1, 0.15) is 0 Å². The molecule has 0 radical (unpaired) electrons. The van der Waals surface area contributed by atoms with E-state index in [-0.39, 0.29) is 6.73 Å². The summed E-state index contributed by atoms with van der Waals surface area (Å²) in [6.45, 7) is 3.03. The first-order valence-electron chi connectivity index (χ1n) is 2.47. The average Bonchev–Trinajstić information content (AvgIpc) is 2.14. The lowest BCUT2D eigenvalue weighted by Gasteiger charge is -2.06. The minimum absolute atomic E-state index is 0.188. The number of nitrogens with zero attached hydrogens (tertiary/aromatic N) is 1. The molecule has 1 saturated heterocycles. The smallest absolute Gasteiger partial charge is 0.0967 e. The summed E-state index contributed by atoms with van der Waals surface area (Å²) >= 11 is 0. The Labute approximate surface area is 42.9 Å². The summed E-state index contributed by atoms with van der Waals surface area (Å²) in [5, 5.41) is 11.5. The summed E-state index contributed by atoms with van der Waals surface area (Å²) in [5.41, 5.74) is 0. The average molecular weight is 102 g/mol. The predicted molar refractivity (Wildman–Crippen MR) is 26.7 cm³/mol. The zero-order valence-corrected chi connectivity index (χ0v) is 4.22. The van der Waals surface area contributed by atoms with Crippen molar-refractivity contribution in [3.8, 4) is 0 Å². The highest BCUT2D eigenvalue weighted by atomic mass is 16.3. The molecule has 0 atom stereocenters. The highest BCUT2D eigenvalue weighted by molar-refractivity contribution is 4.60. The fourth-order valence-corrected chi connectivity index (χ4v) is 0.674. The third-order valence-corrected chi connectivity index (χ3v) is 1.14. The van der Waals surface area contributed by atoms with Gasteiger partial charge >= 0.3 is 0 Å². The normalized spacial score (nSPS) is 23.6. The second-order valence-electron chi connectivity index (χ2n) is 1.69. The molecule has 1 rings (SSSR count). The first kappa shape index (κ1) is 5.03. The van der Waals surface area contributed by atoms with E-state index in [0.717, 1.165) is 19.8 Å². The van der Waals surface area contributed by atoms with E-state index in [4.69, 9.17) is 5.11 Å². The Morgan fingerprint density at radius 3 is 2.86 bits per heavy atom. The maximum Gasteiger partial charge on any atom is 0.0967 e. The molecule has 7 heavy (non-hydrogen) atoms. The first-order valence-corrected chi connectivity index (χ1v) is 2.47. The van der Waals surface area contributed by atoms with Crippen LogP contribution < -0.4 is 5.32 Å². The van der Waals surface area contributed by atoms with Crippen LogP contribution in [0, 0.1) is 0 Å². The fraction of sp³-hybridized carbons (Fsp3) is 1.00. The number of aliphatic hydroxyl groups excluding tert-OH is 1. The van der Waals surface area contributed by atoms with Gasteiger partial charge in [0.2, 0.25) is 0 Å². The van der Waals surface area contributed by atoms with Crippen molar-refractivity contribution in [1.29, 1.82) is 0 Å². The van der Waals surface area contributed by atoms with Crippen molar-refractivity contribution in [1.82, 2.24) is 10.2 Å². The molecular weight excluding hydrogens is 92.1 g/mol. The van der Waals surface area contributed by atoms with E-state index < -0.39 is 0 Å². The lowest BCUT2D eigenvalue weighted by molar-refractivity contribution is 0.130. The molecule has 2 N–H and O–H groups in total. The number of hydrogen-bond donors (Lipinski definition) is 2. The van der Waals surface area contributed by atoms with Gasteiger partial charge in [-0.1, -0.05) is 0 Å². The Morgan fingerprint density at radius 1 is 1.71 bits per heavy atom. The molecule has 0 spiro atoms. The van der Waals surface area contributed by atoms with Gasteiger partial charge in [0.05, 0.1) is 13.4 Å². The van der Waals surface area contributed by atoms with Crippen LogP contribution in [0.4, 0.5) is 0 Å². The van der Waals surface area contributed by atoms with Crippen molar-refractivity contribution in [2.24, 2.45) is 0 Å². The van der Waals surface area contributed by atoms with Crippen LogP contribution >= 0.6 is 0 Å². The van der Waals surface area contributed by atoms with Crippen molar-refractivity contribution in [2.45, 2.75) is 0 Å². The maximum atomic E-state index is 8.45. The van der Waals surface area contributed by atoms with Gasteiger partial charge in [-0.2, -0.15) is 0 Å². The third-order valence-electron chi connectivity index (χ3n) is 1.14. The van der Waals surface area contributed by atoms with E-state index in [2.05, 4.69) is 5.32 Å². The number of nitrogens with one attached hydrogen (secondary N) is 1. The zero-order valence-electron chi connectivity index (χ0n) is 4.22. The van der Waals surface area contributed by atoms with Gasteiger partial charge in [0, 0.05) is 13.1 Å². The standard InChI is InChI=1S/C4H10N2O/c7-4-6-2-1-5-3-6/h5,7H,1-4H2. The fourth-order valence-electron chi connectivity index (χ4n) is 0.674. The lowest BCUT2D eigenvalue weighted by Crippen LogP contribution is -2.22. The van der Waals surface area contributed by atoms with E-state index in [1.165, 1.54) is 0 Å². The van der Waals surface area contributed by atoms with Gasteiger partial charge in [0.25, 0.3) is 0 Å². The van der Waals surface area contributed by atoms with E-state index in [1.807, 2.05) is 4.90 Å². The minimum Gasteiger partial charge on any atom is -0.381 e. The Kier molecular flexibility index (Phi) is 1.62. The summed E-state index contributed by atoms with van der Waals surface area (Å²) in [6.07, 6.45) is 0. The largest absolute Gasteiger partial charge is 0.381 e. The van der Waals surface area contributed by atoms with E-state index in [0.29, 0.717) is 0 Å². The molecule has 0 aromatic rings. The minimum atomic E-state index is 0.188. The van der Waals surface area contributed by atoms with E-state index >= 15 is 0 Å². The van der Waals surface area contributed by atoms with Gasteiger partial charge in [-0.3, -0.25) is 4.90 Å². The van der Waals surface area contributed by atoms with Gasteiger partial charge < -0.3 is 10.4 Å². The van der Waals surface area contributed by atoms with Crippen LogP contribution in [0.1, 0.15) is 0 Å². The summed E-state index contributed by atoms with van der Waals surface area (Å²) < 4.78 is 0. The molecule has 3 nitrogen and oxygen atoms in total. The number of hydrogen-bond acceptors (Lipinski definition) is 3.